The van der Waals surface area contributed by atoms with E-state index in [2.05, 4.69) is 4.74 Å². The van der Waals surface area contributed by atoms with Gasteiger partial charge in [-0.25, -0.2) is 4.39 Å². The van der Waals surface area contributed by atoms with Crippen molar-refractivity contribution in [3.05, 3.63) is 29.6 Å². The second-order valence-electron chi connectivity index (χ2n) is 3.35. The van der Waals surface area contributed by atoms with Gasteiger partial charge in [0.2, 0.25) is 11.6 Å². The smallest absolute Gasteiger partial charge is 0.313 e. The summed E-state index contributed by atoms with van der Waals surface area (Å²) in [5.74, 6) is -3.41. The Morgan fingerprint density at radius 1 is 1.22 bits per heavy atom. The zero-order valence-corrected chi connectivity index (χ0v) is 9.86. The third-order valence-corrected chi connectivity index (χ3v) is 2.19. The minimum atomic E-state index is -0.989. The fourth-order valence-corrected chi connectivity index (χ4v) is 1.29. The van der Waals surface area contributed by atoms with Gasteiger partial charge in [0.15, 0.2) is 0 Å². The van der Waals surface area contributed by atoms with E-state index < -0.39 is 29.8 Å². The Balaban J connectivity index is 2.99. The van der Waals surface area contributed by atoms with E-state index in [-0.39, 0.29) is 11.3 Å². The maximum Gasteiger partial charge on any atom is 0.313 e. The molecule has 0 saturated heterocycles. The number of ether oxygens (including phenoxy) is 2. The summed E-state index contributed by atoms with van der Waals surface area (Å²) in [6, 6.07) is 3.21. The summed E-state index contributed by atoms with van der Waals surface area (Å²) in [5.41, 5.74) is -0.216. The van der Waals surface area contributed by atoms with Gasteiger partial charge in [-0.2, -0.15) is 0 Å². The molecule has 0 radical (unpaired) electrons. The fraction of sp³-hybridized carbons (Fsp3) is 0.250. The van der Waals surface area contributed by atoms with E-state index in [9.17, 15) is 18.8 Å². The number of halogens is 1. The van der Waals surface area contributed by atoms with E-state index >= 15 is 0 Å². The molecule has 0 aliphatic carbocycles. The molecule has 6 heteroatoms. The molecule has 0 bridgehead atoms. The van der Waals surface area contributed by atoms with Crippen LogP contribution in [0.25, 0.3) is 0 Å². The molecular formula is C12H11FO5. The van der Waals surface area contributed by atoms with Gasteiger partial charge in [0.1, 0.15) is 18.0 Å². The minimum absolute atomic E-state index is 0.0691. The number of benzene rings is 1. The van der Waals surface area contributed by atoms with E-state index in [1.54, 1.807) is 0 Å². The molecule has 1 rings (SSSR count). The maximum atomic E-state index is 13.0. The summed E-state index contributed by atoms with van der Waals surface area (Å²) in [5, 5.41) is 0. The summed E-state index contributed by atoms with van der Waals surface area (Å²) < 4.78 is 22.1. The Hall–Kier alpha value is -2.24. The van der Waals surface area contributed by atoms with Crippen LogP contribution in [0.3, 0.4) is 0 Å². The van der Waals surface area contributed by atoms with Crippen LogP contribution in [0.15, 0.2) is 18.2 Å². The first kappa shape index (κ1) is 13.8. The number of hydrogen-bond acceptors (Lipinski definition) is 5. The quantitative estimate of drug-likeness (QED) is 0.341. The average molecular weight is 254 g/mol. The van der Waals surface area contributed by atoms with Crippen molar-refractivity contribution < 1.29 is 28.2 Å². The van der Waals surface area contributed by atoms with Crippen molar-refractivity contribution in [2.24, 2.45) is 0 Å². The third-order valence-electron chi connectivity index (χ3n) is 2.19. The van der Waals surface area contributed by atoms with Gasteiger partial charge >= 0.3 is 5.97 Å². The van der Waals surface area contributed by atoms with Crippen molar-refractivity contribution in [2.45, 2.75) is 6.42 Å². The van der Waals surface area contributed by atoms with E-state index in [4.69, 9.17) is 4.74 Å². The molecule has 96 valence electrons. The second kappa shape index (κ2) is 5.90. The summed E-state index contributed by atoms with van der Waals surface area (Å²) in [7, 11) is 2.39. The van der Waals surface area contributed by atoms with E-state index in [0.29, 0.717) is 0 Å². The molecule has 0 amide bonds. The molecule has 0 heterocycles. The molecule has 1 aromatic rings. The lowest BCUT2D eigenvalue weighted by atomic mass is 10.0. The molecule has 18 heavy (non-hydrogen) atoms. The second-order valence-corrected chi connectivity index (χ2v) is 3.35. The monoisotopic (exact) mass is 254 g/mol. The topological polar surface area (TPSA) is 69.7 Å². The minimum Gasteiger partial charge on any atom is -0.496 e. The Labute approximate surface area is 102 Å². The number of Topliss-reactive ketones (excluding diaryl/α,β-unsaturated/α-hetero) is 2. The van der Waals surface area contributed by atoms with Gasteiger partial charge in [-0.15, -0.1) is 0 Å². The van der Waals surface area contributed by atoms with E-state index in [0.717, 1.165) is 19.2 Å². The van der Waals surface area contributed by atoms with Crippen LogP contribution in [0.5, 0.6) is 5.75 Å². The van der Waals surface area contributed by atoms with Crippen LogP contribution < -0.4 is 4.74 Å². The maximum absolute atomic E-state index is 13.0. The number of rotatable bonds is 5. The molecular weight excluding hydrogens is 243 g/mol. The predicted octanol–water partition coefficient (Wildman–Crippen LogP) is 1.15. The molecule has 0 aliphatic heterocycles. The first-order valence-electron chi connectivity index (χ1n) is 4.97. The predicted molar refractivity (Wildman–Crippen MR) is 58.9 cm³/mol. The Kier molecular flexibility index (Phi) is 4.53. The van der Waals surface area contributed by atoms with Gasteiger partial charge in [-0.05, 0) is 18.2 Å². The highest BCUT2D eigenvalue weighted by Gasteiger charge is 2.23. The van der Waals surface area contributed by atoms with Gasteiger partial charge in [0.05, 0.1) is 19.8 Å². The molecule has 0 unspecified atom stereocenters. The number of hydrogen-bond donors (Lipinski definition) is 0. The van der Waals surface area contributed by atoms with E-state index in [1.165, 1.54) is 13.2 Å². The van der Waals surface area contributed by atoms with Gasteiger partial charge in [0.25, 0.3) is 0 Å². The van der Waals surface area contributed by atoms with Crippen LogP contribution in [-0.2, 0) is 14.3 Å². The normalized spacial score (nSPS) is 9.72. The van der Waals surface area contributed by atoms with Gasteiger partial charge < -0.3 is 9.47 Å². The highest BCUT2D eigenvalue weighted by Crippen LogP contribution is 2.20. The molecule has 0 saturated carbocycles. The molecule has 5 nitrogen and oxygen atoms in total. The molecule has 0 fully saturated rings. The molecule has 0 atom stereocenters. The van der Waals surface area contributed by atoms with Crippen molar-refractivity contribution in [3.63, 3.8) is 0 Å². The first-order chi connectivity index (χ1) is 8.49. The van der Waals surface area contributed by atoms with E-state index in [1.807, 2.05) is 0 Å². The largest absolute Gasteiger partial charge is 0.496 e. The van der Waals surface area contributed by atoms with Crippen molar-refractivity contribution in [2.75, 3.05) is 14.2 Å². The third kappa shape index (κ3) is 3.13. The summed E-state index contributed by atoms with van der Waals surface area (Å²) >= 11 is 0. The summed E-state index contributed by atoms with van der Waals surface area (Å²) in [6.07, 6.45) is -0.686. The molecule has 0 spiro atoms. The standard InChI is InChI=1S/C12H11FO5/c1-17-10-4-3-7(13)5-8(10)12(16)9(14)6-11(15)18-2/h3-5H,6H2,1-2H3. The zero-order valence-electron chi connectivity index (χ0n) is 9.86. The van der Waals surface area contributed by atoms with Gasteiger partial charge in [-0.3, -0.25) is 14.4 Å². The van der Waals surface area contributed by atoms with Crippen molar-refractivity contribution in [1.29, 1.82) is 0 Å². The lowest BCUT2D eigenvalue weighted by molar-refractivity contribution is -0.142. The van der Waals surface area contributed by atoms with Crippen molar-refractivity contribution >= 4 is 17.5 Å². The lowest BCUT2D eigenvalue weighted by Gasteiger charge is -2.06. The highest BCUT2D eigenvalue weighted by molar-refractivity contribution is 6.46. The molecule has 0 aliphatic rings. The van der Waals surface area contributed by atoms with Crippen LogP contribution in [0.1, 0.15) is 16.8 Å². The van der Waals surface area contributed by atoms with Crippen LogP contribution in [0, 0.1) is 5.82 Å². The summed E-state index contributed by atoms with van der Waals surface area (Å²) in [4.78, 5) is 34.1. The highest BCUT2D eigenvalue weighted by atomic mass is 19.1. The first-order valence-corrected chi connectivity index (χ1v) is 4.97. The lowest BCUT2D eigenvalue weighted by Crippen LogP contribution is -2.19. The van der Waals surface area contributed by atoms with Gasteiger partial charge in [0, 0.05) is 0 Å². The Morgan fingerprint density at radius 3 is 2.44 bits per heavy atom. The van der Waals surface area contributed by atoms with Crippen LogP contribution in [0.4, 0.5) is 4.39 Å². The average Bonchev–Trinajstić information content (AvgIpc) is 2.37. The fourth-order valence-electron chi connectivity index (χ4n) is 1.29. The molecule has 1 aromatic carbocycles. The number of ketones is 2. The number of carbonyl (C=O) groups excluding carboxylic acids is 3. The number of esters is 1. The Morgan fingerprint density at radius 2 is 1.89 bits per heavy atom. The molecule has 0 N–H and O–H groups in total. The zero-order chi connectivity index (χ0) is 13.7. The van der Waals surface area contributed by atoms with Gasteiger partial charge in [-0.1, -0.05) is 0 Å². The molecule has 0 aromatic heterocycles. The van der Waals surface area contributed by atoms with Crippen molar-refractivity contribution in [1.82, 2.24) is 0 Å². The number of methoxy groups -OCH3 is 2. The van der Waals surface area contributed by atoms with Crippen LogP contribution in [0.2, 0.25) is 0 Å². The number of carbonyl (C=O) groups is 3. The van der Waals surface area contributed by atoms with Crippen molar-refractivity contribution in [3.8, 4) is 5.75 Å². The SMILES string of the molecule is COC(=O)CC(=O)C(=O)c1cc(F)ccc1OC. The Bertz CT molecular complexity index is 495. The van der Waals surface area contributed by atoms with Crippen LogP contribution >= 0.6 is 0 Å². The van der Waals surface area contributed by atoms with Crippen LogP contribution in [-0.4, -0.2) is 31.8 Å². The summed E-state index contributed by atoms with van der Waals surface area (Å²) in [6.45, 7) is 0.